The van der Waals surface area contributed by atoms with Crippen molar-refractivity contribution in [2.24, 2.45) is 9.98 Å². The average Bonchev–Trinajstić information content (AvgIpc) is 2.89. The number of phenols is 2. The molecule has 2 N–H and O–H groups in total. The molecule has 1 aliphatic rings. The highest BCUT2D eigenvalue weighted by molar-refractivity contribution is 5.95. The number of ether oxygens (including phenoxy) is 2. The first-order valence-corrected chi connectivity index (χ1v) is 16.2. The number of benzene rings is 2. The Morgan fingerprint density at radius 2 is 0.957 bits per heavy atom. The van der Waals surface area contributed by atoms with E-state index in [-0.39, 0.29) is 23.6 Å². The van der Waals surface area contributed by atoms with Crippen LogP contribution >= 0.6 is 0 Å². The van der Waals surface area contributed by atoms with Crippen molar-refractivity contribution >= 4 is 24.4 Å². The van der Waals surface area contributed by atoms with Gasteiger partial charge in [0.1, 0.15) is 22.7 Å². The van der Waals surface area contributed by atoms with Gasteiger partial charge < -0.3 is 19.7 Å². The van der Waals surface area contributed by atoms with Crippen molar-refractivity contribution in [3.63, 3.8) is 0 Å². The summed E-state index contributed by atoms with van der Waals surface area (Å²) in [5, 5.41) is 22.5. The summed E-state index contributed by atoms with van der Waals surface area (Å²) in [6.45, 7) is 22.8. The van der Waals surface area contributed by atoms with Gasteiger partial charge in [0.05, 0.1) is 23.2 Å². The number of esters is 2. The molecule has 0 bridgehead atoms. The molecule has 2 aromatic carbocycles. The molecule has 0 unspecified atom stereocenters. The lowest BCUT2D eigenvalue weighted by Gasteiger charge is -2.26. The predicted octanol–water partition coefficient (Wildman–Crippen LogP) is 8.45. The number of rotatable bonds is 6. The second-order valence-electron chi connectivity index (χ2n) is 16.4. The normalized spacial score (nSPS) is 18.3. The third-order valence-electron chi connectivity index (χ3n) is 7.67. The summed E-state index contributed by atoms with van der Waals surface area (Å²) in [5.41, 5.74) is 0.683. The van der Waals surface area contributed by atoms with Crippen LogP contribution in [0.3, 0.4) is 0 Å². The quantitative estimate of drug-likeness (QED) is 0.243. The molecule has 0 heterocycles. The van der Waals surface area contributed by atoms with Crippen LogP contribution in [0, 0.1) is 0 Å². The smallest absolute Gasteiger partial charge is 0.338 e. The lowest BCUT2D eigenvalue weighted by molar-refractivity contribution is 0.00567. The van der Waals surface area contributed by atoms with E-state index in [2.05, 4.69) is 0 Å². The van der Waals surface area contributed by atoms with E-state index in [0.29, 0.717) is 33.4 Å². The minimum atomic E-state index is -0.660. The van der Waals surface area contributed by atoms with Crippen LogP contribution in [0.15, 0.2) is 34.3 Å². The van der Waals surface area contributed by atoms with Crippen molar-refractivity contribution in [2.45, 2.75) is 143 Å². The zero-order valence-electron chi connectivity index (χ0n) is 29.9. The number of phenolic OH excluding ortho intramolecular Hbond substituents is 2. The molecule has 1 fully saturated rings. The van der Waals surface area contributed by atoms with Crippen LogP contribution in [-0.4, -0.2) is 57.9 Å². The molecule has 0 aliphatic heterocycles. The lowest BCUT2D eigenvalue weighted by Crippen LogP contribution is -2.27. The Kier molecular flexibility index (Phi) is 10.9. The summed E-state index contributed by atoms with van der Waals surface area (Å²) in [6.07, 6.45) is 6.84. The van der Waals surface area contributed by atoms with Crippen molar-refractivity contribution in [2.75, 3.05) is 0 Å². The Labute approximate surface area is 275 Å². The number of aromatic hydroxyl groups is 2. The van der Waals surface area contributed by atoms with E-state index < -0.39 is 34.0 Å². The largest absolute Gasteiger partial charge is 0.507 e. The molecule has 8 heteroatoms. The molecule has 0 spiro atoms. The zero-order chi connectivity index (χ0) is 34.8. The molecule has 0 saturated heterocycles. The molecule has 0 amide bonds. The highest BCUT2D eigenvalue weighted by Crippen LogP contribution is 2.36. The van der Waals surface area contributed by atoms with Gasteiger partial charge >= 0.3 is 11.9 Å². The van der Waals surface area contributed by atoms with Crippen LogP contribution in [0.25, 0.3) is 0 Å². The van der Waals surface area contributed by atoms with Crippen LogP contribution in [0.5, 0.6) is 11.5 Å². The molecule has 2 aromatic rings. The lowest BCUT2D eigenvalue weighted by atomic mass is 9.84. The van der Waals surface area contributed by atoms with E-state index in [0.717, 1.165) is 25.7 Å². The van der Waals surface area contributed by atoms with Gasteiger partial charge in [-0.05, 0) is 89.5 Å². The number of carbonyl (C=O) groups excluding carboxylic acids is 2. The molecule has 3 rings (SSSR count). The zero-order valence-corrected chi connectivity index (χ0v) is 29.9. The minimum Gasteiger partial charge on any atom is -0.507 e. The highest BCUT2D eigenvalue weighted by Gasteiger charge is 2.28. The third kappa shape index (κ3) is 9.91. The fourth-order valence-electron chi connectivity index (χ4n) is 5.36. The first kappa shape index (κ1) is 36.8. The van der Waals surface area contributed by atoms with Gasteiger partial charge in [-0.25, -0.2) is 9.59 Å². The van der Waals surface area contributed by atoms with Gasteiger partial charge in [-0.15, -0.1) is 0 Å². The van der Waals surface area contributed by atoms with Gasteiger partial charge in [0, 0.05) is 34.7 Å². The van der Waals surface area contributed by atoms with E-state index in [1.807, 2.05) is 83.1 Å². The average molecular weight is 635 g/mol. The minimum absolute atomic E-state index is 0.0815. The second-order valence-corrected chi connectivity index (χ2v) is 16.4. The van der Waals surface area contributed by atoms with Gasteiger partial charge in [0.2, 0.25) is 0 Å². The SMILES string of the molecule is CC(C)(C)OC(=O)c1cc(C=N[C@@H]2CCCC[C@H]2N=Cc2cc(C(=O)OC(C)(C)C)cc(C(C)(C)C)c2O)c(O)c(C(C)(C)C)c1. The third-order valence-corrected chi connectivity index (χ3v) is 7.67. The van der Waals surface area contributed by atoms with Gasteiger partial charge in [-0.3, -0.25) is 9.98 Å². The van der Waals surface area contributed by atoms with E-state index in [9.17, 15) is 19.8 Å². The fraction of sp³-hybridized carbons (Fsp3) is 0.579. The van der Waals surface area contributed by atoms with Crippen molar-refractivity contribution < 1.29 is 29.3 Å². The van der Waals surface area contributed by atoms with Crippen molar-refractivity contribution in [3.8, 4) is 11.5 Å². The number of nitrogens with zero attached hydrogens (tertiary/aromatic N) is 2. The van der Waals surface area contributed by atoms with E-state index >= 15 is 0 Å². The standard InChI is InChI=1S/C38H54N2O6/c1-35(2,3)27-19-23(33(43)45-37(7,8)9)17-25(31(27)41)21-39-29-15-13-14-16-30(29)40-22-26-18-24(34(44)46-38(10,11)12)20-28(32(26)42)36(4,5)6/h17-22,29-30,41-42H,13-16H2,1-12H3/t29-,30-/m1/s1. The predicted molar refractivity (Wildman–Crippen MR) is 185 cm³/mol. The van der Waals surface area contributed by atoms with Crippen LogP contribution in [0.1, 0.15) is 152 Å². The molecule has 0 aromatic heterocycles. The van der Waals surface area contributed by atoms with Crippen molar-refractivity contribution in [1.82, 2.24) is 0 Å². The highest BCUT2D eigenvalue weighted by atomic mass is 16.6. The van der Waals surface area contributed by atoms with Gasteiger partial charge in [-0.1, -0.05) is 54.4 Å². The van der Waals surface area contributed by atoms with Crippen LogP contribution in [0.4, 0.5) is 0 Å². The molecule has 2 atom stereocenters. The van der Waals surface area contributed by atoms with Crippen LogP contribution < -0.4 is 0 Å². The molecule has 46 heavy (non-hydrogen) atoms. The molecule has 0 radical (unpaired) electrons. The molecular weight excluding hydrogens is 580 g/mol. The molecule has 252 valence electrons. The molecule has 8 nitrogen and oxygen atoms in total. The Morgan fingerprint density at radius 1 is 0.630 bits per heavy atom. The van der Waals surface area contributed by atoms with E-state index in [4.69, 9.17) is 19.5 Å². The van der Waals surface area contributed by atoms with Gasteiger partial charge in [0.25, 0.3) is 0 Å². The summed E-state index contributed by atoms with van der Waals surface area (Å²) >= 11 is 0. The Balaban J connectivity index is 2.00. The maximum absolute atomic E-state index is 13.0. The molecule has 1 saturated carbocycles. The van der Waals surface area contributed by atoms with Crippen molar-refractivity contribution in [3.05, 3.63) is 57.6 Å². The second kappa shape index (κ2) is 13.6. The van der Waals surface area contributed by atoms with E-state index in [1.165, 1.54) is 0 Å². The monoisotopic (exact) mass is 634 g/mol. The number of aliphatic imine (C=N–C) groups is 2. The Bertz CT molecular complexity index is 1380. The Hall–Kier alpha value is -3.68. The molecule has 1 aliphatic carbocycles. The molecular formula is C38H54N2O6. The summed E-state index contributed by atoms with van der Waals surface area (Å²) in [6, 6.07) is 6.28. The summed E-state index contributed by atoms with van der Waals surface area (Å²) in [7, 11) is 0. The number of hydrogen-bond donors (Lipinski definition) is 2. The van der Waals surface area contributed by atoms with Gasteiger partial charge in [0.15, 0.2) is 0 Å². The number of hydrogen-bond acceptors (Lipinski definition) is 8. The van der Waals surface area contributed by atoms with Gasteiger partial charge in [-0.2, -0.15) is 0 Å². The van der Waals surface area contributed by atoms with Crippen LogP contribution in [-0.2, 0) is 20.3 Å². The fourth-order valence-corrected chi connectivity index (χ4v) is 5.36. The summed E-state index contributed by atoms with van der Waals surface area (Å²) in [4.78, 5) is 35.8. The summed E-state index contributed by atoms with van der Waals surface area (Å²) in [5.74, 6) is -0.761. The topological polar surface area (TPSA) is 118 Å². The van der Waals surface area contributed by atoms with Crippen LogP contribution in [0.2, 0.25) is 0 Å². The first-order chi connectivity index (χ1) is 21.0. The first-order valence-electron chi connectivity index (χ1n) is 16.2. The van der Waals surface area contributed by atoms with E-state index in [1.54, 1.807) is 36.7 Å². The number of carbonyl (C=O) groups is 2. The van der Waals surface area contributed by atoms with Crippen molar-refractivity contribution in [1.29, 1.82) is 0 Å². The maximum atomic E-state index is 13.0. The summed E-state index contributed by atoms with van der Waals surface area (Å²) < 4.78 is 11.2. The maximum Gasteiger partial charge on any atom is 0.338 e. The Morgan fingerprint density at radius 3 is 1.24 bits per heavy atom.